The molecule has 2 aromatic rings. The number of anilines is 1. The van der Waals surface area contributed by atoms with Crippen LogP contribution in [0.2, 0.25) is 10.0 Å². The van der Waals surface area contributed by atoms with E-state index in [9.17, 15) is 14.4 Å². The number of fused-ring (bicyclic) bond motifs is 2. The number of nitrogens with zero attached hydrogens (tertiary/aromatic N) is 2. The Morgan fingerprint density at radius 2 is 1.76 bits per heavy atom. The van der Waals surface area contributed by atoms with Crippen molar-refractivity contribution in [3.05, 3.63) is 63.6 Å². The lowest BCUT2D eigenvalue weighted by atomic mass is 9.81. The van der Waals surface area contributed by atoms with Crippen LogP contribution in [0.5, 0.6) is 0 Å². The molecule has 2 aliphatic carbocycles. The molecule has 34 heavy (non-hydrogen) atoms. The molecule has 3 atom stereocenters. The molecule has 0 radical (unpaired) electrons. The number of rotatable bonds is 6. The van der Waals surface area contributed by atoms with E-state index in [-0.39, 0.29) is 48.7 Å². The molecule has 0 bridgehead atoms. The summed E-state index contributed by atoms with van der Waals surface area (Å²) in [7, 11) is 0. The summed E-state index contributed by atoms with van der Waals surface area (Å²) in [6.45, 7) is 0. The Hall–Kier alpha value is -2.57. The molecular weight excluding hydrogens is 475 g/mol. The van der Waals surface area contributed by atoms with Gasteiger partial charge in [0.25, 0.3) is 5.91 Å². The summed E-state index contributed by atoms with van der Waals surface area (Å²) < 4.78 is 0. The first-order valence-corrected chi connectivity index (χ1v) is 12.5. The van der Waals surface area contributed by atoms with E-state index in [1.807, 2.05) is 34.1 Å². The number of benzene rings is 2. The second kappa shape index (κ2) is 9.23. The summed E-state index contributed by atoms with van der Waals surface area (Å²) in [4.78, 5) is 42.1. The van der Waals surface area contributed by atoms with Crippen molar-refractivity contribution in [3.8, 4) is 0 Å². The van der Waals surface area contributed by atoms with Gasteiger partial charge >= 0.3 is 5.97 Å². The topological polar surface area (TPSA) is 77.9 Å². The van der Waals surface area contributed by atoms with Crippen LogP contribution in [0.3, 0.4) is 0 Å². The standard InChI is InChI=1S/C26H26Cl2N2O4/c27-15-8-11-17(20(28)14-15)26(34)30-21-6-2-1-4-18(21)25(19-5-3-7-22(19)30)29(16-9-10-16)23(31)12-13-24(32)33/h1-2,4,6,8,11,14,16,19,22,25H,3,5,7,9-10,12-13H2,(H,32,33)/t19-,22+,25-/m0/s1. The normalized spacial score (nSPS) is 23.2. The average molecular weight is 501 g/mol. The number of hydrogen-bond donors (Lipinski definition) is 1. The molecule has 178 valence electrons. The summed E-state index contributed by atoms with van der Waals surface area (Å²) in [6, 6.07) is 12.6. The molecule has 6 nitrogen and oxygen atoms in total. The van der Waals surface area contributed by atoms with Crippen LogP contribution < -0.4 is 4.90 Å². The molecule has 3 aliphatic rings. The summed E-state index contributed by atoms with van der Waals surface area (Å²) in [6.07, 6.45) is 4.37. The Balaban J connectivity index is 1.57. The maximum Gasteiger partial charge on any atom is 0.303 e. The van der Waals surface area contributed by atoms with E-state index in [0.29, 0.717) is 15.6 Å². The minimum absolute atomic E-state index is 0.00901. The minimum atomic E-state index is -0.969. The lowest BCUT2D eigenvalue weighted by Gasteiger charge is -2.48. The number of amides is 2. The number of carbonyl (C=O) groups is 3. The molecule has 0 saturated heterocycles. The van der Waals surface area contributed by atoms with Crippen molar-refractivity contribution in [2.75, 3.05) is 4.90 Å². The molecule has 1 aliphatic heterocycles. The van der Waals surface area contributed by atoms with E-state index in [4.69, 9.17) is 28.3 Å². The molecule has 2 aromatic carbocycles. The highest BCUT2D eigenvalue weighted by Gasteiger charge is 2.51. The zero-order valence-electron chi connectivity index (χ0n) is 18.6. The van der Waals surface area contributed by atoms with Crippen molar-refractivity contribution in [3.63, 3.8) is 0 Å². The number of halogens is 2. The van der Waals surface area contributed by atoms with Gasteiger partial charge in [-0.25, -0.2) is 0 Å². The van der Waals surface area contributed by atoms with Gasteiger partial charge in [-0.2, -0.15) is 0 Å². The predicted octanol–water partition coefficient (Wildman–Crippen LogP) is 5.72. The molecule has 5 rings (SSSR count). The minimum Gasteiger partial charge on any atom is -0.481 e. The van der Waals surface area contributed by atoms with Gasteiger partial charge in [0.1, 0.15) is 0 Å². The summed E-state index contributed by atoms with van der Waals surface area (Å²) in [5.41, 5.74) is 2.14. The van der Waals surface area contributed by atoms with Crippen LogP contribution >= 0.6 is 23.2 Å². The molecule has 1 N–H and O–H groups in total. The first kappa shape index (κ1) is 23.2. The number of para-hydroxylation sites is 1. The van der Waals surface area contributed by atoms with Gasteiger partial charge in [0.15, 0.2) is 0 Å². The van der Waals surface area contributed by atoms with Crippen molar-refractivity contribution in [1.82, 2.24) is 4.90 Å². The third kappa shape index (κ3) is 4.18. The molecular formula is C26H26Cl2N2O4. The maximum absolute atomic E-state index is 13.8. The first-order valence-electron chi connectivity index (χ1n) is 11.8. The fraction of sp³-hybridized carbons (Fsp3) is 0.423. The van der Waals surface area contributed by atoms with Gasteiger partial charge in [-0.05, 0) is 55.5 Å². The molecule has 0 spiro atoms. The Kier molecular flexibility index (Phi) is 6.30. The SMILES string of the molecule is O=C(O)CCC(=O)N(C1CC1)[C@H]1c2ccccc2N(C(=O)c2ccc(Cl)cc2Cl)[C@@H]2CCC[C@@H]21. The van der Waals surface area contributed by atoms with Crippen LogP contribution in [0, 0.1) is 5.92 Å². The number of hydrogen-bond acceptors (Lipinski definition) is 3. The molecule has 1 heterocycles. The van der Waals surface area contributed by atoms with Crippen LogP contribution in [-0.2, 0) is 9.59 Å². The van der Waals surface area contributed by atoms with Gasteiger partial charge in [0.05, 0.1) is 23.0 Å². The number of carboxylic acid groups (broad SMARTS) is 1. The second-order valence-corrected chi connectivity index (χ2v) is 10.2. The van der Waals surface area contributed by atoms with Crippen molar-refractivity contribution in [1.29, 1.82) is 0 Å². The van der Waals surface area contributed by atoms with Gasteiger partial charge < -0.3 is 14.9 Å². The van der Waals surface area contributed by atoms with Gasteiger partial charge in [0, 0.05) is 35.1 Å². The molecule has 2 amide bonds. The Morgan fingerprint density at radius 3 is 2.47 bits per heavy atom. The van der Waals surface area contributed by atoms with Crippen LogP contribution in [-0.4, -0.2) is 39.9 Å². The van der Waals surface area contributed by atoms with Crippen LogP contribution in [0.15, 0.2) is 42.5 Å². The summed E-state index contributed by atoms with van der Waals surface area (Å²) in [5.74, 6) is -1.17. The van der Waals surface area contributed by atoms with Gasteiger partial charge in [-0.15, -0.1) is 0 Å². The van der Waals surface area contributed by atoms with E-state index in [0.717, 1.165) is 43.4 Å². The second-order valence-electron chi connectivity index (χ2n) is 9.39. The van der Waals surface area contributed by atoms with Crippen LogP contribution in [0.1, 0.15) is 66.9 Å². The quantitative estimate of drug-likeness (QED) is 0.549. The van der Waals surface area contributed by atoms with E-state index in [1.165, 1.54) is 0 Å². The van der Waals surface area contributed by atoms with Crippen molar-refractivity contribution >= 4 is 46.7 Å². The molecule has 0 aromatic heterocycles. The third-order valence-electron chi connectivity index (χ3n) is 7.24. The highest BCUT2D eigenvalue weighted by molar-refractivity contribution is 6.37. The highest BCUT2D eigenvalue weighted by Crippen LogP contribution is 2.53. The summed E-state index contributed by atoms with van der Waals surface area (Å²) >= 11 is 12.5. The molecule has 8 heteroatoms. The van der Waals surface area contributed by atoms with E-state index in [2.05, 4.69) is 0 Å². The van der Waals surface area contributed by atoms with Crippen LogP contribution in [0.25, 0.3) is 0 Å². The maximum atomic E-state index is 13.8. The average Bonchev–Trinajstić information content (AvgIpc) is 3.52. The molecule has 2 fully saturated rings. The molecule has 0 unspecified atom stereocenters. The number of aliphatic carboxylic acids is 1. The monoisotopic (exact) mass is 500 g/mol. The zero-order valence-corrected chi connectivity index (χ0v) is 20.1. The number of carbonyl (C=O) groups excluding carboxylic acids is 2. The third-order valence-corrected chi connectivity index (χ3v) is 7.79. The number of carboxylic acids is 1. The van der Waals surface area contributed by atoms with E-state index < -0.39 is 5.97 Å². The van der Waals surface area contributed by atoms with Gasteiger partial charge in [-0.1, -0.05) is 47.8 Å². The van der Waals surface area contributed by atoms with E-state index in [1.54, 1.807) is 18.2 Å². The summed E-state index contributed by atoms with van der Waals surface area (Å²) in [5, 5.41) is 9.91. The van der Waals surface area contributed by atoms with Gasteiger partial charge in [-0.3, -0.25) is 14.4 Å². The fourth-order valence-electron chi connectivity index (χ4n) is 5.71. The fourth-order valence-corrected chi connectivity index (χ4v) is 6.20. The Labute approximate surface area is 208 Å². The van der Waals surface area contributed by atoms with Crippen molar-refractivity contribution in [2.45, 2.75) is 63.1 Å². The Bertz CT molecular complexity index is 1150. The molecule has 2 saturated carbocycles. The first-order chi connectivity index (χ1) is 16.4. The lowest BCUT2D eigenvalue weighted by molar-refractivity contribution is -0.142. The van der Waals surface area contributed by atoms with Crippen molar-refractivity contribution in [2.24, 2.45) is 5.92 Å². The predicted molar refractivity (Wildman–Crippen MR) is 130 cm³/mol. The largest absolute Gasteiger partial charge is 0.481 e. The smallest absolute Gasteiger partial charge is 0.303 e. The lowest BCUT2D eigenvalue weighted by Crippen LogP contribution is -2.53. The van der Waals surface area contributed by atoms with Crippen molar-refractivity contribution < 1.29 is 19.5 Å². The Morgan fingerprint density at radius 1 is 1.00 bits per heavy atom. The highest BCUT2D eigenvalue weighted by atomic mass is 35.5. The van der Waals surface area contributed by atoms with Gasteiger partial charge in [0.2, 0.25) is 5.91 Å². The van der Waals surface area contributed by atoms with E-state index >= 15 is 0 Å². The zero-order chi connectivity index (χ0) is 24.0. The van der Waals surface area contributed by atoms with Crippen LogP contribution in [0.4, 0.5) is 5.69 Å².